The predicted molar refractivity (Wildman–Crippen MR) is 63.6 cm³/mol. The van der Waals surface area contributed by atoms with Gasteiger partial charge >= 0.3 is 0 Å². The lowest BCUT2D eigenvalue weighted by Gasteiger charge is -2.21. The number of carbonyl (C=O) groups excluding carboxylic acids is 1. The maximum atomic E-state index is 11.1. The maximum absolute atomic E-state index is 11.1. The number of hydrogen-bond donors (Lipinski definition) is 2. The van der Waals surface area contributed by atoms with E-state index in [-0.39, 0.29) is 5.92 Å². The van der Waals surface area contributed by atoms with Crippen molar-refractivity contribution in [2.75, 3.05) is 5.32 Å². The number of carboxylic acid groups (broad SMARTS) is 1. The number of rotatable bonds is 5. The lowest BCUT2D eigenvalue weighted by atomic mass is 10.0. The zero-order valence-electron chi connectivity index (χ0n) is 10.2. The molecule has 2 rings (SSSR count). The highest BCUT2D eigenvalue weighted by Gasteiger charge is 2.15. The lowest BCUT2D eigenvalue weighted by Crippen LogP contribution is -2.41. The Hall–Kier alpha value is -2.18. The average molecular weight is 248 g/mol. The van der Waals surface area contributed by atoms with Crippen LogP contribution in [0.1, 0.15) is 20.3 Å². The molecule has 7 nitrogen and oxygen atoms in total. The van der Waals surface area contributed by atoms with Crippen molar-refractivity contribution < 1.29 is 9.90 Å². The van der Waals surface area contributed by atoms with Crippen LogP contribution in [0.5, 0.6) is 0 Å². The summed E-state index contributed by atoms with van der Waals surface area (Å²) in [5, 5.41) is 13.9. The first-order valence-electron chi connectivity index (χ1n) is 5.69. The summed E-state index contributed by atoms with van der Waals surface area (Å²) in [6.45, 7) is 3.90. The van der Waals surface area contributed by atoms with Gasteiger partial charge in [-0.25, -0.2) is 15.0 Å². The number of imidazole rings is 1. The molecule has 2 N–H and O–H groups in total. The van der Waals surface area contributed by atoms with Gasteiger partial charge in [0.25, 0.3) is 0 Å². The SMILES string of the molecule is CC(C)C[C@@H](Nc1ncnc2nc[nH]c12)C(=O)[O-]. The van der Waals surface area contributed by atoms with Crippen molar-refractivity contribution in [2.24, 2.45) is 5.92 Å². The summed E-state index contributed by atoms with van der Waals surface area (Å²) in [4.78, 5) is 25.9. The summed E-state index contributed by atoms with van der Waals surface area (Å²) in [5.74, 6) is -0.484. The molecule has 1 atom stereocenters. The molecule has 0 radical (unpaired) electrons. The number of anilines is 1. The van der Waals surface area contributed by atoms with E-state index in [1.165, 1.54) is 12.7 Å². The number of hydrogen-bond acceptors (Lipinski definition) is 6. The van der Waals surface area contributed by atoms with Crippen LogP contribution in [0.25, 0.3) is 11.2 Å². The van der Waals surface area contributed by atoms with Crippen LogP contribution in [-0.2, 0) is 4.79 Å². The Bertz CT molecular complexity index is 551. The Morgan fingerprint density at radius 2 is 2.22 bits per heavy atom. The second kappa shape index (κ2) is 4.99. The number of aromatic nitrogens is 4. The van der Waals surface area contributed by atoms with Gasteiger partial charge < -0.3 is 20.2 Å². The normalized spacial score (nSPS) is 12.8. The summed E-state index contributed by atoms with van der Waals surface area (Å²) in [6, 6.07) is -0.786. The van der Waals surface area contributed by atoms with Gasteiger partial charge in [0.15, 0.2) is 11.5 Å². The van der Waals surface area contributed by atoms with Crippen molar-refractivity contribution in [1.29, 1.82) is 0 Å². The molecule has 0 amide bonds. The highest BCUT2D eigenvalue weighted by molar-refractivity contribution is 5.85. The molecule has 0 bridgehead atoms. The third kappa shape index (κ3) is 2.55. The topological polar surface area (TPSA) is 107 Å². The first kappa shape index (κ1) is 12.3. The third-order valence-corrected chi connectivity index (χ3v) is 2.53. The minimum atomic E-state index is -1.14. The Balaban J connectivity index is 2.25. The van der Waals surface area contributed by atoms with Gasteiger partial charge in [-0.2, -0.15) is 0 Å². The van der Waals surface area contributed by atoms with Gasteiger partial charge in [0.1, 0.15) is 11.8 Å². The lowest BCUT2D eigenvalue weighted by molar-refractivity contribution is -0.307. The zero-order valence-corrected chi connectivity index (χ0v) is 10.2. The molecule has 2 aromatic rings. The second-order valence-corrected chi connectivity index (χ2v) is 4.47. The Morgan fingerprint density at radius 1 is 1.44 bits per heavy atom. The van der Waals surface area contributed by atoms with Crippen molar-refractivity contribution in [3.63, 3.8) is 0 Å². The van der Waals surface area contributed by atoms with Crippen molar-refractivity contribution in [3.8, 4) is 0 Å². The van der Waals surface area contributed by atoms with E-state index in [4.69, 9.17) is 0 Å². The van der Waals surface area contributed by atoms with E-state index in [0.29, 0.717) is 23.4 Å². The molecule has 0 saturated heterocycles. The number of carbonyl (C=O) groups is 1. The van der Waals surface area contributed by atoms with E-state index in [2.05, 4.69) is 25.3 Å². The monoisotopic (exact) mass is 248 g/mol. The Labute approximate surface area is 104 Å². The molecule has 0 unspecified atom stereocenters. The summed E-state index contributed by atoms with van der Waals surface area (Å²) in [6.07, 6.45) is 3.29. The molecule has 0 aromatic carbocycles. The molecule has 7 heteroatoms. The van der Waals surface area contributed by atoms with E-state index in [1.54, 1.807) is 0 Å². The standard InChI is InChI=1S/C11H15N5O2/c1-6(2)3-7(11(17)18)16-10-8-9(13-4-12-8)14-5-15-10/h4-7H,3H2,1-2H3,(H,17,18)(H2,12,13,14,15,16)/p-1/t7-/m1/s1. The van der Waals surface area contributed by atoms with Crippen LogP contribution in [-0.4, -0.2) is 31.9 Å². The van der Waals surface area contributed by atoms with E-state index >= 15 is 0 Å². The molecule has 0 aliphatic rings. The van der Waals surface area contributed by atoms with Gasteiger partial charge in [0.05, 0.1) is 18.3 Å². The molecule has 18 heavy (non-hydrogen) atoms. The molecule has 0 aliphatic heterocycles. The van der Waals surface area contributed by atoms with Crippen LogP contribution in [0.4, 0.5) is 5.82 Å². The molecule has 2 aromatic heterocycles. The van der Waals surface area contributed by atoms with E-state index in [0.717, 1.165) is 0 Å². The van der Waals surface area contributed by atoms with Crippen molar-refractivity contribution in [1.82, 2.24) is 19.9 Å². The first-order valence-corrected chi connectivity index (χ1v) is 5.69. The summed E-state index contributed by atoms with van der Waals surface area (Å²) in [5.41, 5.74) is 1.08. The molecule has 0 spiro atoms. The highest BCUT2D eigenvalue weighted by atomic mass is 16.4. The fraction of sp³-hybridized carbons (Fsp3) is 0.455. The Morgan fingerprint density at radius 3 is 2.89 bits per heavy atom. The molecule has 96 valence electrons. The van der Waals surface area contributed by atoms with Crippen LogP contribution in [0.15, 0.2) is 12.7 Å². The number of nitrogens with one attached hydrogen (secondary N) is 2. The van der Waals surface area contributed by atoms with Crippen LogP contribution in [0.3, 0.4) is 0 Å². The minimum absolute atomic E-state index is 0.236. The first-order chi connectivity index (χ1) is 8.58. The fourth-order valence-corrected chi connectivity index (χ4v) is 1.73. The van der Waals surface area contributed by atoms with Gasteiger partial charge in [-0.1, -0.05) is 13.8 Å². The highest BCUT2D eigenvalue weighted by Crippen LogP contribution is 2.17. The summed E-state index contributed by atoms with van der Waals surface area (Å²) < 4.78 is 0. The van der Waals surface area contributed by atoms with E-state index in [9.17, 15) is 9.90 Å². The van der Waals surface area contributed by atoms with Gasteiger partial charge in [0.2, 0.25) is 0 Å². The number of fused-ring (bicyclic) bond motifs is 1. The zero-order chi connectivity index (χ0) is 13.1. The van der Waals surface area contributed by atoms with E-state index < -0.39 is 12.0 Å². The molecular formula is C11H14N5O2-. The van der Waals surface area contributed by atoms with Gasteiger partial charge in [-0.05, 0) is 12.3 Å². The van der Waals surface area contributed by atoms with Gasteiger partial charge in [-0.3, -0.25) is 0 Å². The number of carboxylic acids is 1. The number of aromatic amines is 1. The van der Waals surface area contributed by atoms with Crippen molar-refractivity contribution in [3.05, 3.63) is 12.7 Å². The maximum Gasteiger partial charge on any atom is 0.182 e. The molecule has 0 saturated carbocycles. The molecular weight excluding hydrogens is 234 g/mol. The Kier molecular flexibility index (Phi) is 3.40. The van der Waals surface area contributed by atoms with Crippen LogP contribution in [0.2, 0.25) is 0 Å². The average Bonchev–Trinajstić information content (AvgIpc) is 2.76. The largest absolute Gasteiger partial charge is 0.548 e. The minimum Gasteiger partial charge on any atom is -0.548 e. The number of H-pyrrole nitrogens is 1. The quantitative estimate of drug-likeness (QED) is 0.767. The summed E-state index contributed by atoms with van der Waals surface area (Å²) >= 11 is 0. The van der Waals surface area contributed by atoms with Gasteiger partial charge in [-0.15, -0.1) is 0 Å². The fourth-order valence-electron chi connectivity index (χ4n) is 1.73. The predicted octanol–water partition coefficient (Wildman–Crippen LogP) is -0.0706. The smallest absolute Gasteiger partial charge is 0.182 e. The molecule has 0 fully saturated rings. The number of nitrogens with zero attached hydrogens (tertiary/aromatic N) is 3. The van der Waals surface area contributed by atoms with Crippen molar-refractivity contribution >= 4 is 23.0 Å². The van der Waals surface area contributed by atoms with Crippen molar-refractivity contribution in [2.45, 2.75) is 26.3 Å². The van der Waals surface area contributed by atoms with Crippen LogP contribution < -0.4 is 10.4 Å². The van der Waals surface area contributed by atoms with Crippen LogP contribution in [0, 0.1) is 5.92 Å². The third-order valence-electron chi connectivity index (χ3n) is 2.53. The van der Waals surface area contributed by atoms with Crippen LogP contribution >= 0.6 is 0 Å². The van der Waals surface area contributed by atoms with Gasteiger partial charge in [0, 0.05) is 0 Å². The summed E-state index contributed by atoms with van der Waals surface area (Å²) in [7, 11) is 0. The second-order valence-electron chi connectivity index (χ2n) is 4.47. The molecule has 0 aliphatic carbocycles. The molecule has 2 heterocycles. The number of aliphatic carboxylic acids is 1. The van der Waals surface area contributed by atoms with E-state index in [1.807, 2.05) is 13.8 Å².